The summed E-state index contributed by atoms with van der Waals surface area (Å²) < 4.78 is 0. The van der Waals surface area contributed by atoms with Gasteiger partial charge in [0, 0.05) is 12.6 Å². The first-order valence-electron chi connectivity index (χ1n) is 5.20. The highest BCUT2D eigenvalue weighted by Crippen LogP contribution is 2.18. The molecule has 0 aromatic heterocycles. The highest BCUT2D eigenvalue weighted by molar-refractivity contribution is 5.77. The van der Waals surface area contributed by atoms with Crippen LogP contribution in [0.3, 0.4) is 0 Å². The van der Waals surface area contributed by atoms with E-state index in [9.17, 15) is 4.79 Å². The van der Waals surface area contributed by atoms with Crippen molar-refractivity contribution in [3.63, 3.8) is 0 Å². The number of aliphatic carboxylic acids is 1. The summed E-state index contributed by atoms with van der Waals surface area (Å²) in [6.45, 7) is 5.63. The van der Waals surface area contributed by atoms with E-state index >= 15 is 0 Å². The third-order valence-electron chi connectivity index (χ3n) is 3.10. The number of carboxylic acids is 1. The molecule has 0 bridgehead atoms. The van der Waals surface area contributed by atoms with Crippen molar-refractivity contribution < 1.29 is 9.90 Å². The van der Waals surface area contributed by atoms with Crippen molar-refractivity contribution in [3.8, 4) is 0 Å². The maximum absolute atomic E-state index is 10.8. The van der Waals surface area contributed by atoms with E-state index in [0.29, 0.717) is 12.5 Å². The molecule has 1 aliphatic heterocycles. The molecular formula is C10H20N2O2. The molecule has 1 saturated heterocycles. The van der Waals surface area contributed by atoms with Crippen LogP contribution in [0, 0.1) is 0 Å². The Morgan fingerprint density at radius 2 is 2.36 bits per heavy atom. The molecule has 0 aromatic carbocycles. The maximum Gasteiger partial charge on any atom is 0.323 e. The van der Waals surface area contributed by atoms with Crippen molar-refractivity contribution in [2.24, 2.45) is 5.73 Å². The minimum atomic E-state index is -1.08. The number of hydrogen-bond acceptors (Lipinski definition) is 3. The van der Waals surface area contributed by atoms with Crippen LogP contribution in [-0.2, 0) is 4.79 Å². The summed E-state index contributed by atoms with van der Waals surface area (Å²) in [5, 5.41) is 8.84. The van der Waals surface area contributed by atoms with E-state index in [1.165, 1.54) is 12.8 Å². The number of carboxylic acid groups (broad SMARTS) is 1. The van der Waals surface area contributed by atoms with Crippen molar-refractivity contribution in [1.29, 1.82) is 0 Å². The van der Waals surface area contributed by atoms with Crippen LogP contribution in [0.5, 0.6) is 0 Å². The van der Waals surface area contributed by atoms with E-state index in [2.05, 4.69) is 11.8 Å². The Morgan fingerprint density at radius 3 is 2.79 bits per heavy atom. The quantitative estimate of drug-likeness (QED) is 0.699. The van der Waals surface area contributed by atoms with Gasteiger partial charge in [-0.2, -0.15) is 0 Å². The fourth-order valence-electron chi connectivity index (χ4n) is 1.81. The van der Waals surface area contributed by atoms with Crippen LogP contribution in [0.15, 0.2) is 0 Å². The van der Waals surface area contributed by atoms with E-state index in [4.69, 9.17) is 10.8 Å². The molecule has 4 heteroatoms. The lowest BCUT2D eigenvalue weighted by molar-refractivity contribution is -0.143. The molecule has 1 aliphatic rings. The van der Waals surface area contributed by atoms with Crippen LogP contribution in [0.2, 0.25) is 0 Å². The Balaban J connectivity index is 2.36. The average molecular weight is 200 g/mol. The summed E-state index contributed by atoms with van der Waals surface area (Å²) in [7, 11) is 0. The zero-order valence-corrected chi connectivity index (χ0v) is 8.99. The van der Waals surface area contributed by atoms with Gasteiger partial charge in [-0.15, -0.1) is 0 Å². The van der Waals surface area contributed by atoms with Gasteiger partial charge in [0.25, 0.3) is 0 Å². The summed E-state index contributed by atoms with van der Waals surface area (Å²) in [6, 6.07) is 0.583. The van der Waals surface area contributed by atoms with Crippen LogP contribution >= 0.6 is 0 Å². The smallest absolute Gasteiger partial charge is 0.323 e. The predicted molar refractivity (Wildman–Crippen MR) is 55.1 cm³/mol. The number of nitrogens with two attached hydrogens (primary N) is 1. The van der Waals surface area contributed by atoms with Gasteiger partial charge >= 0.3 is 5.97 Å². The van der Waals surface area contributed by atoms with Gasteiger partial charge in [-0.1, -0.05) is 0 Å². The Bertz CT molecular complexity index is 216. The number of carbonyl (C=O) groups is 1. The molecule has 82 valence electrons. The second-order valence-electron chi connectivity index (χ2n) is 4.50. The summed E-state index contributed by atoms with van der Waals surface area (Å²) in [6.07, 6.45) is 2.95. The molecule has 0 amide bonds. The monoisotopic (exact) mass is 200 g/mol. The number of rotatable bonds is 4. The van der Waals surface area contributed by atoms with Crippen molar-refractivity contribution >= 4 is 5.97 Å². The van der Waals surface area contributed by atoms with Crippen LogP contribution < -0.4 is 5.73 Å². The van der Waals surface area contributed by atoms with Crippen molar-refractivity contribution in [1.82, 2.24) is 4.90 Å². The summed E-state index contributed by atoms with van der Waals surface area (Å²) in [5.41, 5.74) is 4.58. The summed E-state index contributed by atoms with van der Waals surface area (Å²) in [5.74, 6) is -0.913. The number of likely N-dealkylation sites (tertiary alicyclic amines) is 1. The van der Waals surface area contributed by atoms with Gasteiger partial charge in [-0.05, 0) is 39.7 Å². The third kappa shape index (κ3) is 2.69. The van der Waals surface area contributed by atoms with E-state index in [-0.39, 0.29) is 0 Å². The van der Waals surface area contributed by atoms with Crippen LogP contribution in [-0.4, -0.2) is 40.6 Å². The molecule has 0 saturated carbocycles. The first-order chi connectivity index (χ1) is 6.43. The van der Waals surface area contributed by atoms with Crippen LogP contribution in [0.4, 0.5) is 0 Å². The average Bonchev–Trinajstić information content (AvgIpc) is 2.47. The van der Waals surface area contributed by atoms with E-state index < -0.39 is 11.5 Å². The fourth-order valence-corrected chi connectivity index (χ4v) is 1.81. The molecule has 1 fully saturated rings. The normalized spacial score (nSPS) is 27.5. The predicted octanol–water partition coefficient (Wildman–Crippen LogP) is 0.663. The van der Waals surface area contributed by atoms with Gasteiger partial charge in [0.1, 0.15) is 5.54 Å². The fraction of sp³-hybridized carbons (Fsp3) is 0.900. The standard InChI is InChI=1S/C10H20N2O2/c1-8-4-3-6-12(8)7-5-10(2,11)9(13)14/h8H,3-7,11H2,1-2H3,(H,13,14). The molecule has 0 aromatic rings. The molecule has 1 heterocycles. The second kappa shape index (κ2) is 4.28. The highest BCUT2D eigenvalue weighted by Gasteiger charge is 2.30. The Morgan fingerprint density at radius 1 is 1.71 bits per heavy atom. The van der Waals surface area contributed by atoms with E-state index in [1.807, 2.05) is 0 Å². The first-order valence-corrected chi connectivity index (χ1v) is 5.20. The van der Waals surface area contributed by atoms with Crippen LogP contribution in [0.1, 0.15) is 33.1 Å². The third-order valence-corrected chi connectivity index (χ3v) is 3.10. The van der Waals surface area contributed by atoms with Crippen molar-refractivity contribution in [2.45, 2.75) is 44.7 Å². The highest BCUT2D eigenvalue weighted by atomic mass is 16.4. The van der Waals surface area contributed by atoms with Gasteiger partial charge < -0.3 is 15.7 Å². The molecule has 2 unspecified atom stereocenters. The van der Waals surface area contributed by atoms with Gasteiger partial charge in [-0.25, -0.2) is 0 Å². The van der Waals surface area contributed by atoms with E-state index in [0.717, 1.165) is 13.1 Å². The SMILES string of the molecule is CC1CCCN1CCC(C)(N)C(=O)O. The lowest BCUT2D eigenvalue weighted by Crippen LogP contribution is -2.47. The maximum atomic E-state index is 10.8. The Labute approximate surface area is 85.1 Å². The summed E-state index contributed by atoms with van der Waals surface area (Å²) in [4.78, 5) is 13.1. The largest absolute Gasteiger partial charge is 0.480 e. The number of nitrogens with zero attached hydrogens (tertiary/aromatic N) is 1. The van der Waals surface area contributed by atoms with Crippen molar-refractivity contribution in [2.75, 3.05) is 13.1 Å². The van der Waals surface area contributed by atoms with Gasteiger partial charge in [0.2, 0.25) is 0 Å². The lowest BCUT2D eigenvalue weighted by atomic mass is 9.99. The topological polar surface area (TPSA) is 66.6 Å². The zero-order valence-electron chi connectivity index (χ0n) is 8.99. The number of hydrogen-bond donors (Lipinski definition) is 2. The van der Waals surface area contributed by atoms with Gasteiger partial charge in [0.15, 0.2) is 0 Å². The molecule has 0 aliphatic carbocycles. The lowest BCUT2D eigenvalue weighted by Gasteiger charge is -2.26. The van der Waals surface area contributed by atoms with Gasteiger partial charge in [0.05, 0.1) is 0 Å². The molecular weight excluding hydrogens is 180 g/mol. The minimum absolute atomic E-state index is 0.521. The minimum Gasteiger partial charge on any atom is -0.480 e. The second-order valence-corrected chi connectivity index (χ2v) is 4.50. The molecule has 14 heavy (non-hydrogen) atoms. The Hall–Kier alpha value is -0.610. The van der Waals surface area contributed by atoms with E-state index in [1.54, 1.807) is 6.92 Å². The molecule has 1 rings (SSSR count). The molecule has 4 nitrogen and oxygen atoms in total. The molecule has 3 N–H and O–H groups in total. The molecule has 0 spiro atoms. The van der Waals surface area contributed by atoms with Crippen molar-refractivity contribution in [3.05, 3.63) is 0 Å². The van der Waals surface area contributed by atoms with Crippen LogP contribution in [0.25, 0.3) is 0 Å². The Kier molecular flexibility index (Phi) is 3.50. The zero-order chi connectivity index (χ0) is 10.8. The van der Waals surface area contributed by atoms with Gasteiger partial charge in [-0.3, -0.25) is 4.79 Å². The summed E-state index contributed by atoms with van der Waals surface area (Å²) >= 11 is 0. The molecule has 2 atom stereocenters. The molecule has 0 radical (unpaired) electrons. The first kappa shape index (κ1) is 11.5.